The molecule has 5 nitrogen and oxygen atoms in total. The molecule has 0 aliphatic carbocycles. The number of nitrogens with one attached hydrogen (secondary N) is 1. The summed E-state index contributed by atoms with van der Waals surface area (Å²) in [7, 11) is 1.54. The van der Waals surface area contributed by atoms with E-state index in [2.05, 4.69) is 10.3 Å². The number of carbonyl (C=O) groups is 1. The van der Waals surface area contributed by atoms with Gasteiger partial charge >= 0.3 is 0 Å². The van der Waals surface area contributed by atoms with Gasteiger partial charge in [-0.1, -0.05) is 42.5 Å². The van der Waals surface area contributed by atoms with Gasteiger partial charge in [0, 0.05) is 31.7 Å². The highest BCUT2D eigenvalue weighted by Crippen LogP contribution is 2.16. The fourth-order valence-electron chi connectivity index (χ4n) is 2.50. The minimum atomic E-state index is -0.601. The van der Waals surface area contributed by atoms with Crippen LogP contribution >= 0.6 is 0 Å². The van der Waals surface area contributed by atoms with E-state index in [-0.39, 0.29) is 5.91 Å². The van der Waals surface area contributed by atoms with E-state index in [9.17, 15) is 4.79 Å². The van der Waals surface area contributed by atoms with E-state index >= 15 is 0 Å². The minimum Gasteiger partial charge on any atom is -0.367 e. The van der Waals surface area contributed by atoms with Crippen molar-refractivity contribution in [2.45, 2.75) is 12.6 Å². The molecule has 1 heterocycles. The summed E-state index contributed by atoms with van der Waals surface area (Å²) in [5.41, 5.74) is 2.89. The minimum absolute atomic E-state index is 0.151. The van der Waals surface area contributed by atoms with Gasteiger partial charge in [0.25, 0.3) is 5.91 Å². The number of amides is 1. The molecular formula is C19H19N3O2. The van der Waals surface area contributed by atoms with Crippen molar-refractivity contribution in [3.63, 3.8) is 0 Å². The highest BCUT2D eigenvalue weighted by molar-refractivity contribution is 5.82. The molecule has 0 fully saturated rings. The smallest absolute Gasteiger partial charge is 0.254 e. The Hall–Kier alpha value is -2.92. The zero-order chi connectivity index (χ0) is 16.8. The number of carbonyl (C=O) groups excluding carboxylic acids is 1. The maximum absolute atomic E-state index is 12.4. The van der Waals surface area contributed by atoms with E-state index in [1.54, 1.807) is 12.5 Å². The van der Waals surface area contributed by atoms with Crippen molar-refractivity contribution in [3.05, 3.63) is 84.4 Å². The van der Waals surface area contributed by atoms with Crippen LogP contribution < -0.4 is 5.32 Å². The molecule has 122 valence electrons. The van der Waals surface area contributed by atoms with Crippen LogP contribution in [-0.4, -0.2) is 22.6 Å². The van der Waals surface area contributed by atoms with Crippen molar-refractivity contribution in [1.29, 1.82) is 0 Å². The Labute approximate surface area is 140 Å². The van der Waals surface area contributed by atoms with Gasteiger partial charge in [-0.25, -0.2) is 4.98 Å². The van der Waals surface area contributed by atoms with E-state index in [4.69, 9.17) is 4.74 Å². The van der Waals surface area contributed by atoms with Crippen molar-refractivity contribution in [2.75, 3.05) is 7.11 Å². The number of rotatable bonds is 6. The predicted molar refractivity (Wildman–Crippen MR) is 91.6 cm³/mol. The Kier molecular flexibility index (Phi) is 5.03. The predicted octanol–water partition coefficient (Wildman–Crippen LogP) is 2.88. The molecule has 5 heteroatoms. The zero-order valence-electron chi connectivity index (χ0n) is 13.4. The summed E-state index contributed by atoms with van der Waals surface area (Å²) in [4.78, 5) is 16.4. The second-order valence-corrected chi connectivity index (χ2v) is 5.38. The summed E-state index contributed by atoms with van der Waals surface area (Å²) in [6, 6.07) is 17.4. The maximum Gasteiger partial charge on any atom is 0.254 e. The summed E-state index contributed by atoms with van der Waals surface area (Å²) in [5, 5.41) is 2.92. The molecule has 2 aromatic carbocycles. The SMILES string of the molecule is COC(C(=O)NCc1ccc(-n2ccnc2)cc1)c1ccccc1. The third kappa shape index (κ3) is 3.70. The van der Waals surface area contributed by atoms with Gasteiger partial charge in [0.15, 0.2) is 6.10 Å². The summed E-state index contributed by atoms with van der Waals surface area (Å²) in [5.74, 6) is -0.151. The highest BCUT2D eigenvalue weighted by atomic mass is 16.5. The third-order valence-corrected chi connectivity index (χ3v) is 3.78. The average Bonchev–Trinajstić information content (AvgIpc) is 3.17. The first-order valence-corrected chi connectivity index (χ1v) is 7.70. The molecule has 0 bridgehead atoms. The van der Waals surface area contributed by atoms with E-state index < -0.39 is 6.10 Å². The molecule has 1 aromatic heterocycles. The Morgan fingerprint density at radius 1 is 1.17 bits per heavy atom. The average molecular weight is 321 g/mol. The van der Waals surface area contributed by atoms with Crippen LogP contribution in [0, 0.1) is 0 Å². The Morgan fingerprint density at radius 3 is 2.54 bits per heavy atom. The Morgan fingerprint density at radius 2 is 1.92 bits per heavy atom. The lowest BCUT2D eigenvalue weighted by molar-refractivity contribution is -0.131. The van der Waals surface area contributed by atoms with Crippen molar-refractivity contribution in [3.8, 4) is 5.69 Å². The molecule has 1 atom stereocenters. The van der Waals surface area contributed by atoms with Gasteiger partial charge in [0.2, 0.25) is 0 Å². The van der Waals surface area contributed by atoms with Crippen LogP contribution in [0.2, 0.25) is 0 Å². The largest absolute Gasteiger partial charge is 0.367 e. The normalized spacial score (nSPS) is 11.9. The number of hydrogen-bond acceptors (Lipinski definition) is 3. The van der Waals surface area contributed by atoms with Gasteiger partial charge in [-0.05, 0) is 23.3 Å². The fraction of sp³-hybridized carbons (Fsp3) is 0.158. The lowest BCUT2D eigenvalue weighted by Crippen LogP contribution is -2.29. The van der Waals surface area contributed by atoms with Crippen LogP contribution in [0.15, 0.2) is 73.3 Å². The van der Waals surface area contributed by atoms with Crippen molar-refractivity contribution < 1.29 is 9.53 Å². The first kappa shape index (κ1) is 16.0. The second-order valence-electron chi connectivity index (χ2n) is 5.38. The summed E-state index contributed by atoms with van der Waals surface area (Å²) >= 11 is 0. The fourth-order valence-corrected chi connectivity index (χ4v) is 2.50. The number of ether oxygens (including phenoxy) is 1. The van der Waals surface area contributed by atoms with Gasteiger partial charge in [-0.2, -0.15) is 0 Å². The molecule has 3 aromatic rings. The maximum atomic E-state index is 12.4. The van der Waals surface area contributed by atoms with E-state index in [1.165, 1.54) is 7.11 Å². The second kappa shape index (κ2) is 7.57. The number of imidazole rings is 1. The van der Waals surface area contributed by atoms with Crippen LogP contribution in [0.3, 0.4) is 0 Å². The zero-order valence-corrected chi connectivity index (χ0v) is 13.4. The van der Waals surface area contributed by atoms with Crippen molar-refractivity contribution in [2.24, 2.45) is 0 Å². The molecule has 0 saturated carbocycles. The Balaban J connectivity index is 1.61. The summed E-state index contributed by atoms with van der Waals surface area (Å²) in [6.07, 6.45) is 4.78. The third-order valence-electron chi connectivity index (χ3n) is 3.78. The van der Waals surface area contributed by atoms with Crippen LogP contribution in [0.5, 0.6) is 0 Å². The van der Waals surface area contributed by atoms with Gasteiger partial charge in [-0.3, -0.25) is 4.79 Å². The standard InChI is InChI=1S/C19H19N3O2/c1-24-18(16-5-3-2-4-6-16)19(23)21-13-15-7-9-17(10-8-15)22-12-11-20-14-22/h2-12,14,18H,13H2,1H3,(H,21,23). The lowest BCUT2D eigenvalue weighted by Gasteiger charge is -2.15. The lowest BCUT2D eigenvalue weighted by atomic mass is 10.1. The van der Waals surface area contributed by atoms with Gasteiger partial charge in [-0.15, -0.1) is 0 Å². The molecular weight excluding hydrogens is 302 g/mol. The molecule has 0 spiro atoms. The first-order chi connectivity index (χ1) is 11.8. The van der Waals surface area contributed by atoms with Crippen LogP contribution in [0.25, 0.3) is 5.69 Å². The first-order valence-electron chi connectivity index (χ1n) is 7.70. The van der Waals surface area contributed by atoms with Crippen LogP contribution in [-0.2, 0) is 16.1 Å². The Bertz CT molecular complexity index is 768. The van der Waals surface area contributed by atoms with Crippen molar-refractivity contribution in [1.82, 2.24) is 14.9 Å². The molecule has 24 heavy (non-hydrogen) atoms. The van der Waals surface area contributed by atoms with Gasteiger partial charge < -0.3 is 14.6 Å². The molecule has 3 rings (SSSR count). The molecule has 0 aliphatic rings. The number of aromatic nitrogens is 2. The number of methoxy groups -OCH3 is 1. The van der Waals surface area contributed by atoms with E-state index in [0.717, 1.165) is 16.8 Å². The molecule has 1 amide bonds. The molecule has 0 radical (unpaired) electrons. The monoisotopic (exact) mass is 321 g/mol. The molecule has 1 unspecified atom stereocenters. The summed E-state index contributed by atoms with van der Waals surface area (Å²) < 4.78 is 7.26. The number of hydrogen-bond donors (Lipinski definition) is 1. The molecule has 0 aliphatic heterocycles. The molecule has 1 N–H and O–H groups in total. The van der Waals surface area contributed by atoms with Crippen LogP contribution in [0.1, 0.15) is 17.2 Å². The number of nitrogens with zero attached hydrogens (tertiary/aromatic N) is 2. The quantitative estimate of drug-likeness (QED) is 0.759. The highest BCUT2D eigenvalue weighted by Gasteiger charge is 2.19. The topological polar surface area (TPSA) is 56.1 Å². The van der Waals surface area contributed by atoms with Crippen molar-refractivity contribution >= 4 is 5.91 Å². The van der Waals surface area contributed by atoms with Crippen LogP contribution in [0.4, 0.5) is 0 Å². The van der Waals surface area contributed by atoms with E-state index in [0.29, 0.717) is 6.54 Å². The number of benzene rings is 2. The summed E-state index contributed by atoms with van der Waals surface area (Å²) in [6.45, 7) is 0.454. The van der Waals surface area contributed by atoms with E-state index in [1.807, 2.05) is 65.4 Å². The van der Waals surface area contributed by atoms with Gasteiger partial charge in [0.1, 0.15) is 0 Å². The van der Waals surface area contributed by atoms with Gasteiger partial charge in [0.05, 0.1) is 6.33 Å². The molecule has 0 saturated heterocycles.